The Balaban J connectivity index is 2.46. The molecule has 2 N–H and O–H groups in total. The van der Waals surface area contributed by atoms with E-state index in [1.54, 1.807) is 14.1 Å². The van der Waals surface area contributed by atoms with E-state index in [1.165, 1.54) is 17.3 Å². The Morgan fingerprint density at radius 3 is 2.44 bits per heavy atom. The standard InChI is InChI=1S/C12H15N3O3/c1-15(2)12(17)9-6-14-5-8(11(13)16)10(9)18-7-3-4-7/h5-7H,3-4H2,1-2H3,(H2,13,16). The molecule has 0 atom stereocenters. The van der Waals surface area contributed by atoms with Crippen LogP contribution in [0.5, 0.6) is 5.75 Å². The van der Waals surface area contributed by atoms with Gasteiger partial charge in [-0.1, -0.05) is 0 Å². The highest BCUT2D eigenvalue weighted by molar-refractivity contribution is 6.02. The van der Waals surface area contributed by atoms with E-state index in [4.69, 9.17) is 10.5 Å². The van der Waals surface area contributed by atoms with Crippen LogP contribution < -0.4 is 10.5 Å². The van der Waals surface area contributed by atoms with E-state index >= 15 is 0 Å². The van der Waals surface area contributed by atoms with Crippen LogP contribution in [0.25, 0.3) is 0 Å². The molecule has 0 saturated heterocycles. The van der Waals surface area contributed by atoms with Gasteiger partial charge in [0, 0.05) is 26.5 Å². The van der Waals surface area contributed by atoms with E-state index in [2.05, 4.69) is 4.98 Å². The molecule has 0 radical (unpaired) electrons. The van der Waals surface area contributed by atoms with E-state index < -0.39 is 5.91 Å². The number of carbonyl (C=O) groups is 2. The molecule has 96 valence electrons. The van der Waals surface area contributed by atoms with Crippen LogP contribution in [0.15, 0.2) is 12.4 Å². The number of rotatable bonds is 4. The minimum absolute atomic E-state index is 0.0687. The summed E-state index contributed by atoms with van der Waals surface area (Å²) in [6, 6.07) is 0. The molecule has 2 amide bonds. The third-order valence-electron chi connectivity index (χ3n) is 2.61. The summed E-state index contributed by atoms with van der Waals surface area (Å²) in [7, 11) is 3.25. The lowest BCUT2D eigenvalue weighted by atomic mass is 10.1. The van der Waals surface area contributed by atoms with Gasteiger partial charge in [0.2, 0.25) is 0 Å². The largest absolute Gasteiger partial charge is 0.489 e. The summed E-state index contributed by atoms with van der Waals surface area (Å²) in [6.45, 7) is 0. The molecule has 1 aromatic heterocycles. The van der Waals surface area contributed by atoms with Gasteiger partial charge in [-0.2, -0.15) is 0 Å². The Morgan fingerprint density at radius 2 is 1.94 bits per heavy atom. The number of nitrogens with two attached hydrogens (primary N) is 1. The van der Waals surface area contributed by atoms with Crippen molar-refractivity contribution in [2.45, 2.75) is 18.9 Å². The van der Waals surface area contributed by atoms with Crippen molar-refractivity contribution in [3.8, 4) is 5.75 Å². The Morgan fingerprint density at radius 1 is 1.33 bits per heavy atom. The summed E-state index contributed by atoms with van der Waals surface area (Å²) in [5, 5.41) is 0. The van der Waals surface area contributed by atoms with Crippen molar-refractivity contribution in [2.24, 2.45) is 5.73 Å². The molecule has 0 aliphatic heterocycles. The second-order valence-electron chi connectivity index (χ2n) is 4.44. The number of aromatic nitrogens is 1. The zero-order valence-corrected chi connectivity index (χ0v) is 10.3. The lowest BCUT2D eigenvalue weighted by Crippen LogP contribution is -2.24. The number of carbonyl (C=O) groups excluding carboxylic acids is 2. The zero-order chi connectivity index (χ0) is 13.3. The minimum atomic E-state index is -0.647. The molecule has 1 heterocycles. The van der Waals surface area contributed by atoms with Crippen molar-refractivity contribution in [3.63, 3.8) is 0 Å². The van der Waals surface area contributed by atoms with Gasteiger partial charge in [-0.25, -0.2) is 0 Å². The Bertz CT molecular complexity index is 495. The van der Waals surface area contributed by atoms with Gasteiger partial charge in [-0.15, -0.1) is 0 Å². The molecule has 6 nitrogen and oxygen atoms in total. The monoisotopic (exact) mass is 249 g/mol. The van der Waals surface area contributed by atoms with E-state index in [1.807, 2.05) is 0 Å². The molecule has 0 unspecified atom stereocenters. The molecular formula is C12H15N3O3. The lowest BCUT2D eigenvalue weighted by molar-refractivity contribution is 0.0822. The number of ether oxygens (including phenoxy) is 1. The van der Waals surface area contributed by atoms with Crippen molar-refractivity contribution < 1.29 is 14.3 Å². The SMILES string of the molecule is CN(C)C(=O)c1cncc(C(N)=O)c1OC1CC1. The summed E-state index contributed by atoms with van der Waals surface area (Å²) in [4.78, 5) is 28.6. The third kappa shape index (κ3) is 2.42. The average molecular weight is 249 g/mol. The zero-order valence-electron chi connectivity index (χ0n) is 10.3. The number of amides is 2. The van der Waals surface area contributed by atoms with E-state index in [9.17, 15) is 9.59 Å². The van der Waals surface area contributed by atoms with Crippen molar-refractivity contribution in [2.75, 3.05) is 14.1 Å². The first-order valence-electron chi connectivity index (χ1n) is 5.67. The number of primary amides is 1. The van der Waals surface area contributed by atoms with Gasteiger partial charge in [-0.05, 0) is 12.8 Å². The highest BCUT2D eigenvalue weighted by Crippen LogP contribution is 2.31. The van der Waals surface area contributed by atoms with Crippen LogP contribution in [0, 0.1) is 0 Å². The van der Waals surface area contributed by atoms with Gasteiger partial charge < -0.3 is 15.4 Å². The van der Waals surface area contributed by atoms with E-state index in [-0.39, 0.29) is 28.9 Å². The second kappa shape index (κ2) is 4.64. The number of hydrogen-bond donors (Lipinski definition) is 1. The molecule has 1 aliphatic rings. The number of pyridine rings is 1. The van der Waals surface area contributed by atoms with Gasteiger partial charge >= 0.3 is 0 Å². The van der Waals surface area contributed by atoms with Gasteiger partial charge in [-0.3, -0.25) is 14.6 Å². The van der Waals surface area contributed by atoms with Gasteiger partial charge in [0.25, 0.3) is 11.8 Å². The van der Waals surface area contributed by atoms with Crippen LogP contribution >= 0.6 is 0 Å². The molecule has 6 heteroatoms. The normalized spacial score (nSPS) is 14.1. The smallest absolute Gasteiger partial charge is 0.258 e. The predicted molar refractivity (Wildman–Crippen MR) is 64.4 cm³/mol. The summed E-state index contributed by atoms with van der Waals surface area (Å²) < 4.78 is 5.63. The van der Waals surface area contributed by atoms with Crippen molar-refractivity contribution in [1.82, 2.24) is 9.88 Å². The van der Waals surface area contributed by atoms with Gasteiger partial charge in [0.05, 0.1) is 6.10 Å². The molecule has 1 aliphatic carbocycles. The van der Waals surface area contributed by atoms with Crippen LogP contribution in [-0.2, 0) is 0 Å². The quantitative estimate of drug-likeness (QED) is 0.838. The fraction of sp³-hybridized carbons (Fsp3) is 0.417. The Kier molecular flexibility index (Phi) is 3.18. The Labute approximate surface area is 105 Å². The summed E-state index contributed by atoms with van der Waals surface area (Å²) in [5.41, 5.74) is 5.69. The van der Waals surface area contributed by atoms with E-state index in [0.29, 0.717) is 0 Å². The number of hydrogen-bond acceptors (Lipinski definition) is 4. The summed E-state index contributed by atoms with van der Waals surface area (Å²) >= 11 is 0. The first-order chi connectivity index (χ1) is 8.50. The minimum Gasteiger partial charge on any atom is -0.489 e. The van der Waals surface area contributed by atoms with Crippen LogP contribution in [-0.4, -0.2) is 41.9 Å². The first kappa shape index (κ1) is 12.3. The predicted octanol–water partition coefficient (Wildman–Crippen LogP) is 0.423. The fourth-order valence-corrected chi connectivity index (χ4v) is 1.50. The molecule has 1 aromatic rings. The maximum Gasteiger partial charge on any atom is 0.258 e. The van der Waals surface area contributed by atoms with Crippen LogP contribution in [0.2, 0.25) is 0 Å². The molecule has 18 heavy (non-hydrogen) atoms. The molecule has 0 spiro atoms. The summed E-state index contributed by atoms with van der Waals surface area (Å²) in [6.07, 6.45) is 4.64. The molecule has 2 rings (SSSR count). The molecule has 1 saturated carbocycles. The average Bonchev–Trinajstić information content (AvgIpc) is 3.11. The van der Waals surface area contributed by atoms with Crippen LogP contribution in [0.1, 0.15) is 33.6 Å². The van der Waals surface area contributed by atoms with Crippen molar-refractivity contribution in [3.05, 3.63) is 23.5 Å². The molecule has 1 fully saturated rings. The molecular weight excluding hydrogens is 234 g/mol. The van der Waals surface area contributed by atoms with Gasteiger partial charge in [0.1, 0.15) is 16.9 Å². The van der Waals surface area contributed by atoms with Crippen LogP contribution in [0.4, 0.5) is 0 Å². The highest BCUT2D eigenvalue weighted by Gasteiger charge is 2.29. The van der Waals surface area contributed by atoms with Crippen molar-refractivity contribution >= 4 is 11.8 Å². The third-order valence-corrected chi connectivity index (χ3v) is 2.61. The second-order valence-corrected chi connectivity index (χ2v) is 4.44. The lowest BCUT2D eigenvalue weighted by Gasteiger charge is -2.16. The van der Waals surface area contributed by atoms with Gasteiger partial charge in [0.15, 0.2) is 0 Å². The van der Waals surface area contributed by atoms with Crippen molar-refractivity contribution in [1.29, 1.82) is 0 Å². The first-order valence-corrected chi connectivity index (χ1v) is 5.67. The molecule has 0 aromatic carbocycles. The van der Waals surface area contributed by atoms with Crippen LogP contribution in [0.3, 0.4) is 0 Å². The number of nitrogens with zero attached hydrogens (tertiary/aromatic N) is 2. The molecule has 0 bridgehead atoms. The fourth-order valence-electron chi connectivity index (χ4n) is 1.50. The topological polar surface area (TPSA) is 85.5 Å². The Hall–Kier alpha value is -2.11. The highest BCUT2D eigenvalue weighted by atomic mass is 16.5. The van der Waals surface area contributed by atoms with E-state index in [0.717, 1.165) is 12.8 Å². The summed E-state index contributed by atoms with van der Waals surface area (Å²) in [5.74, 6) is -0.661. The maximum atomic E-state index is 12.0. The maximum absolute atomic E-state index is 12.0.